The predicted molar refractivity (Wildman–Crippen MR) is 66.0 cm³/mol. The van der Waals surface area contributed by atoms with Crippen molar-refractivity contribution >= 4 is 17.5 Å². The van der Waals surface area contributed by atoms with Gasteiger partial charge >= 0.3 is 0 Å². The molecule has 0 aliphatic carbocycles. The van der Waals surface area contributed by atoms with Crippen molar-refractivity contribution in [3.05, 3.63) is 30.1 Å². The van der Waals surface area contributed by atoms with Crippen molar-refractivity contribution in [3.63, 3.8) is 0 Å². The third-order valence-corrected chi connectivity index (χ3v) is 2.68. The van der Waals surface area contributed by atoms with Crippen LogP contribution < -0.4 is 5.32 Å². The zero-order chi connectivity index (χ0) is 13.5. The second-order valence-corrected chi connectivity index (χ2v) is 4.02. The van der Waals surface area contributed by atoms with E-state index in [1.165, 1.54) is 6.20 Å². The van der Waals surface area contributed by atoms with Crippen molar-refractivity contribution in [2.24, 2.45) is 5.92 Å². The number of aromatic nitrogens is 1. The molecule has 1 atom stereocenters. The van der Waals surface area contributed by atoms with Crippen molar-refractivity contribution in [1.29, 1.82) is 0 Å². The highest BCUT2D eigenvalue weighted by atomic mass is 16.2. The number of pyridine rings is 1. The Labute approximate surface area is 106 Å². The van der Waals surface area contributed by atoms with Crippen molar-refractivity contribution in [1.82, 2.24) is 10.3 Å². The Hall–Kier alpha value is -2.04. The molecule has 1 heterocycles. The number of hydrogen-bond donors (Lipinski definition) is 1. The molecule has 1 amide bonds. The summed E-state index contributed by atoms with van der Waals surface area (Å²) in [5.74, 6) is -1.79. The van der Waals surface area contributed by atoms with E-state index in [0.717, 1.165) is 0 Å². The molecule has 1 aromatic heterocycles. The number of carbonyl (C=O) groups is 3. The number of Topliss-reactive ketones (excluding diaryl/α,β-unsaturated/α-hetero) is 2. The number of carbonyl (C=O) groups excluding carboxylic acids is 3. The quantitative estimate of drug-likeness (QED) is 0.601. The summed E-state index contributed by atoms with van der Waals surface area (Å²) in [5, 5.41) is 2.33. The molecule has 0 saturated carbocycles. The molecule has 1 N–H and O–H groups in total. The van der Waals surface area contributed by atoms with Crippen LogP contribution in [0.4, 0.5) is 0 Å². The minimum absolute atomic E-state index is 0.188. The molecular weight excluding hydrogens is 232 g/mol. The first-order valence-corrected chi connectivity index (χ1v) is 5.81. The normalized spacial score (nSPS) is 11.7. The van der Waals surface area contributed by atoms with E-state index in [9.17, 15) is 14.4 Å². The van der Waals surface area contributed by atoms with Crippen LogP contribution in [-0.2, 0) is 9.59 Å². The minimum Gasteiger partial charge on any atom is -0.342 e. The van der Waals surface area contributed by atoms with Gasteiger partial charge in [-0.25, -0.2) is 0 Å². The van der Waals surface area contributed by atoms with Crippen LogP contribution in [0.25, 0.3) is 0 Å². The first-order valence-electron chi connectivity index (χ1n) is 5.81. The molecular formula is C13H16N2O3. The van der Waals surface area contributed by atoms with Gasteiger partial charge in [0.15, 0.2) is 5.78 Å². The molecule has 0 aromatic carbocycles. The second-order valence-electron chi connectivity index (χ2n) is 4.02. The van der Waals surface area contributed by atoms with Crippen molar-refractivity contribution < 1.29 is 14.4 Å². The SMILES string of the molecule is CCC(C)C(=O)C(=O)NCC(=O)c1cccnc1. The highest BCUT2D eigenvalue weighted by Gasteiger charge is 2.20. The van der Waals surface area contributed by atoms with Gasteiger partial charge in [-0.1, -0.05) is 13.8 Å². The van der Waals surface area contributed by atoms with Crippen LogP contribution in [0, 0.1) is 5.92 Å². The maximum Gasteiger partial charge on any atom is 0.288 e. The zero-order valence-corrected chi connectivity index (χ0v) is 10.5. The molecule has 0 radical (unpaired) electrons. The van der Waals surface area contributed by atoms with Gasteiger partial charge < -0.3 is 5.32 Å². The topological polar surface area (TPSA) is 76.1 Å². The van der Waals surface area contributed by atoms with Crippen LogP contribution in [0.1, 0.15) is 30.6 Å². The molecule has 18 heavy (non-hydrogen) atoms. The summed E-state index contributed by atoms with van der Waals surface area (Å²) in [5.41, 5.74) is 0.411. The third-order valence-electron chi connectivity index (χ3n) is 2.68. The van der Waals surface area contributed by atoms with Gasteiger partial charge in [-0.2, -0.15) is 0 Å². The highest BCUT2D eigenvalue weighted by molar-refractivity contribution is 6.37. The van der Waals surface area contributed by atoms with Crippen molar-refractivity contribution in [3.8, 4) is 0 Å². The number of hydrogen-bond acceptors (Lipinski definition) is 4. The van der Waals surface area contributed by atoms with Gasteiger partial charge in [0.05, 0.1) is 6.54 Å². The van der Waals surface area contributed by atoms with Gasteiger partial charge in [-0.3, -0.25) is 19.4 Å². The molecule has 5 nitrogen and oxygen atoms in total. The van der Waals surface area contributed by atoms with E-state index >= 15 is 0 Å². The van der Waals surface area contributed by atoms with E-state index < -0.39 is 11.7 Å². The molecule has 5 heteroatoms. The van der Waals surface area contributed by atoms with E-state index in [1.807, 2.05) is 6.92 Å². The summed E-state index contributed by atoms with van der Waals surface area (Å²) in [4.78, 5) is 38.4. The van der Waals surface area contributed by atoms with E-state index in [4.69, 9.17) is 0 Å². The lowest BCUT2D eigenvalue weighted by Crippen LogP contribution is -2.37. The Morgan fingerprint density at radius 3 is 2.67 bits per heavy atom. The van der Waals surface area contributed by atoms with Gasteiger partial charge in [0.25, 0.3) is 5.91 Å². The lowest BCUT2D eigenvalue weighted by atomic mass is 10.0. The van der Waals surface area contributed by atoms with E-state index in [1.54, 1.807) is 25.3 Å². The average molecular weight is 248 g/mol. The van der Waals surface area contributed by atoms with Gasteiger partial charge in [-0.15, -0.1) is 0 Å². The Morgan fingerprint density at radius 1 is 1.39 bits per heavy atom. The summed E-state index contributed by atoms with van der Waals surface area (Å²) in [6, 6.07) is 3.25. The lowest BCUT2D eigenvalue weighted by Gasteiger charge is -2.07. The molecule has 0 fully saturated rings. The van der Waals surface area contributed by atoms with E-state index in [0.29, 0.717) is 12.0 Å². The fourth-order valence-electron chi connectivity index (χ4n) is 1.29. The summed E-state index contributed by atoms with van der Waals surface area (Å²) in [6.45, 7) is 3.33. The van der Waals surface area contributed by atoms with Crippen LogP contribution >= 0.6 is 0 Å². The number of rotatable bonds is 6. The summed E-state index contributed by atoms with van der Waals surface area (Å²) in [6.07, 6.45) is 3.58. The fourth-order valence-corrected chi connectivity index (χ4v) is 1.29. The summed E-state index contributed by atoms with van der Waals surface area (Å²) < 4.78 is 0. The van der Waals surface area contributed by atoms with Crippen molar-refractivity contribution in [2.45, 2.75) is 20.3 Å². The highest BCUT2D eigenvalue weighted by Crippen LogP contribution is 2.02. The standard InChI is InChI=1S/C13H16N2O3/c1-3-9(2)12(17)13(18)15-8-11(16)10-5-4-6-14-7-10/h4-7,9H,3,8H2,1-2H3,(H,15,18). The van der Waals surface area contributed by atoms with Gasteiger partial charge in [0.2, 0.25) is 5.78 Å². The van der Waals surface area contributed by atoms with E-state index in [-0.39, 0.29) is 18.2 Å². The Bertz CT molecular complexity index is 443. The monoisotopic (exact) mass is 248 g/mol. The molecule has 0 saturated heterocycles. The molecule has 1 rings (SSSR count). The summed E-state index contributed by atoms with van der Waals surface area (Å²) in [7, 11) is 0. The first-order chi connectivity index (χ1) is 8.56. The molecule has 0 bridgehead atoms. The maximum atomic E-state index is 11.6. The zero-order valence-electron chi connectivity index (χ0n) is 10.5. The Morgan fingerprint density at radius 2 is 2.11 bits per heavy atom. The molecule has 0 aliphatic rings. The second kappa shape index (κ2) is 6.64. The molecule has 0 spiro atoms. The van der Waals surface area contributed by atoms with Crippen LogP contribution in [0.2, 0.25) is 0 Å². The van der Waals surface area contributed by atoms with Crippen LogP contribution in [0.15, 0.2) is 24.5 Å². The van der Waals surface area contributed by atoms with E-state index in [2.05, 4.69) is 10.3 Å². The lowest BCUT2D eigenvalue weighted by molar-refractivity contribution is -0.139. The molecule has 1 aromatic rings. The number of ketones is 2. The minimum atomic E-state index is -0.707. The first kappa shape index (κ1) is 14.0. The van der Waals surface area contributed by atoms with Crippen LogP contribution in [0.5, 0.6) is 0 Å². The average Bonchev–Trinajstić information content (AvgIpc) is 2.43. The number of nitrogens with zero attached hydrogens (tertiary/aromatic N) is 1. The molecule has 0 aliphatic heterocycles. The Kier molecular flexibility index (Phi) is 5.17. The smallest absolute Gasteiger partial charge is 0.288 e. The Balaban J connectivity index is 2.49. The number of amides is 1. The largest absolute Gasteiger partial charge is 0.342 e. The third kappa shape index (κ3) is 3.76. The van der Waals surface area contributed by atoms with Crippen LogP contribution in [0.3, 0.4) is 0 Å². The van der Waals surface area contributed by atoms with Gasteiger partial charge in [0.1, 0.15) is 0 Å². The van der Waals surface area contributed by atoms with Gasteiger partial charge in [-0.05, 0) is 18.6 Å². The maximum absolute atomic E-state index is 11.6. The van der Waals surface area contributed by atoms with Crippen LogP contribution in [-0.4, -0.2) is 29.0 Å². The molecule has 96 valence electrons. The summed E-state index contributed by atoms with van der Waals surface area (Å²) >= 11 is 0. The number of nitrogens with one attached hydrogen (secondary N) is 1. The predicted octanol–water partition coefficient (Wildman–Crippen LogP) is 0.996. The fraction of sp³-hybridized carbons (Fsp3) is 0.385. The van der Waals surface area contributed by atoms with Gasteiger partial charge in [0, 0.05) is 23.9 Å². The molecule has 1 unspecified atom stereocenters. The van der Waals surface area contributed by atoms with Crippen molar-refractivity contribution in [2.75, 3.05) is 6.54 Å².